The molecule has 0 aromatic carbocycles. The third kappa shape index (κ3) is 8.52. The zero-order valence-electron chi connectivity index (χ0n) is 23.0. The van der Waals surface area contributed by atoms with Crippen LogP contribution in [0, 0.1) is 23.7 Å². The van der Waals surface area contributed by atoms with E-state index in [0.717, 1.165) is 18.4 Å². The maximum Gasteiger partial charge on any atom is 0.311 e. The van der Waals surface area contributed by atoms with Gasteiger partial charge >= 0.3 is 5.97 Å². The van der Waals surface area contributed by atoms with Crippen LogP contribution in [0.5, 0.6) is 0 Å². The van der Waals surface area contributed by atoms with Gasteiger partial charge in [0.15, 0.2) is 0 Å². The number of aliphatic hydroxyl groups is 4. The molecule has 0 spiro atoms. The maximum absolute atomic E-state index is 12.8. The van der Waals surface area contributed by atoms with Crippen molar-refractivity contribution in [2.75, 3.05) is 0 Å². The van der Waals surface area contributed by atoms with Crippen molar-refractivity contribution >= 4 is 5.97 Å². The lowest BCUT2D eigenvalue weighted by Crippen LogP contribution is -2.41. The molecule has 2 aliphatic heterocycles. The molecule has 0 amide bonds. The minimum atomic E-state index is -1.41. The minimum absolute atomic E-state index is 0.116. The Kier molecular flexibility index (Phi) is 11.4. The molecule has 2 heterocycles. The van der Waals surface area contributed by atoms with Crippen LogP contribution >= 0.6 is 0 Å². The number of carbonyl (C=O) groups excluding carboxylic acids is 1. The summed E-state index contributed by atoms with van der Waals surface area (Å²) in [5, 5.41) is 41.6. The molecule has 2 rings (SSSR count). The van der Waals surface area contributed by atoms with Crippen LogP contribution in [0.4, 0.5) is 0 Å². The smallest absolute Gasteiger partial charge is 0.311 e. The number of hydrogen-bond acceptors (Lipinski definition) is 7. The highest BCUT2D eigenvalue weighted by atomic mass is 16.6. The van der Waals surface area contributed by atoms with Crippen molar-refractivity contribution in [2.45, 2.75) is 116 Å². The van der Waals surface area contributed by atoms with Crippen LogP contribution in [0.3, 0.4) is 0 Å². The van der Waals surface area contributed by atoms with E-state index in [9.17, 15) is 25.2 Å². The molecule has 7 nitrogen and oxygen atoms in total. The van der Waals surface area contributed by atoms with Crippen LogP contribution in [-0.2, 0) is 14.3 Å². The second-order valence-corrected chi connectivity index (χ2v) is 11.3. The number of allylic oxidation sites excluding steroid dienone is 3. The average Bonchev–Trinajstić information content (AvgIpc) is 3.60. The van der Waals surface area contributed by atoms with Gasteiger partial charge in [-0.05, 0) is 57.9 Å². The van der Waals surface area contributed by atoms with Crippen LogP contribution < -0.4 is 0 Å². The van der Waals surface area contributed by atoms with E-state index in [4.69, 9.17) is 9.47 Å². The van der Waals surface area contributed by atoms with E-state index in [2.05, 4.69) is 13.0 Å². The van der Waals surface area contributed by atoms with E-state index in [1.54, 1.807) is 13.0 Å². The predicted octanol–water partition coefficient (Wildman–Crippen LogP) is 3.70. The molecule has 1 saturated heterocycles. The molecular formula is C29H48O7. The summed E-state index contributed by atoms with van der Waals surface area (Å²) in [4.78, 5) is 12.8. The van der Waals surface area contributed by atoms with Crippen LogP contribution in [0.1, 0.15) is 74.1 Å². The van der Waals surface area contributed by atoms with Crippen molar-refractivity contribution in [1.29, 1.82) is 0 Å². The zero-order valence-corrected chi connectivity index (χ0v) is 23.0. The monoisotopic (exact) mass is 508 g/mol. The van der Waals surface area contributed by atoms with Gasteiger partial charge in [0, 0.05) is 11.8 Å². The highest BCUT2D eigenvalue weighted by molar-refractivity contribution is 5.73. The van der Waals surface area contributed by atoms with Crippen molar-refractivity contribution < 1.29 is 34.7 Å². The topological polar surface area (TPSA) is 120 Å². The highest BCUT2D eigenvalue weighted by Crippen LogP contribution is 2.36. The van der Waals surface area contributed by atoms with Crippen molar-refractivity contribution in [1.82, 2.24) is 0 Å². The molecule has 206 valence electrons. The number of aliphatic hydroxyl groups excluding tert-OH is 3. The first-order chi connectivity index (χ1) is 16.8. The second-order valence-electron chi connectivity index (χ2n) is 11.3. The quantitative estimate of drug-likeness (QED) is 0.171. The Bertz CT molecular complexity index is 801. The molecule has 11 unspecified atom stereocenters. The molecule has 0 bridgehead atoms. The lowest BCUT2D eigenvalue weighted by Gasteiger charge is -2.31. The fourth-order valence-corrected chi connectivity index (χ4v) is 4.77. The third-order valence-corrected chi connectivity index (χ3v) is 7.87. The van der Waals surface area contributed by atoms with E-state index in [0.29, 0.717) is 0 Å². The molecule has 1 fully saturated rings. The third-order valence-electron chi connectivity index (χ3n) is 7.87. The van der Waals surface area contributed by atoms with Crippen LogP contribution in [-0.4, -0.2) is 68.6 Å². The van der Waals surface area contributed by atoms with E-state index in [1.807, 2.05) is 39.8 Å². The molecule has 36 heavy (non-hydrogen) atoms. The first-order valence-electron chi connectivity index (χ1n) is 13.4. The van der Waals surface area contributed by atoms with Gasteiger partial charge in [-0.3, -0.25) is 4.79 Å². The van der Waals surface area contributed by atoms with Crippen molar-refractivity contribution in [2.24, 2.45) is 23.7 Å². The van der Waals surface area contributed by atoms with Gasteiger partial charge in [0.1, 0.15) is 12.2 Å². The molecule has 0 radical (unpaired) electrons. The Morgan fingerprint density at radius 2 is 1.92 bits per heavy atom. The van der Waals surface area contributed by atoms with Crippen LogP contribution in [0.2, 0.25) is 0 Å². The summed E-state index contributed by atoms with van der Waals surface area (Å²) >= 11 is 0. The fourth-order valence-electron chi connectivity index (χ4n) is 4.77. The van der Waals surface area contributed by atoms with E-state index < -0.39 is 35.8 Å². The van der Waals surface area contributed by atoms with Crippen LogP contribution in [0.25, 0.3) is 0 Å². The average molecular weight is 509 g/mol. The summed E-state index contributed by atoms with van der Waals surface area (Å²) in [6, 6.07) is 0. The molecule has 0 aromatic heterocycles. The van der Waals surface area contributed by atoms with Crippen molar-refractivity contribution in [3.63, 3.8) is 0 Å². The Morgan fingerprint density at radius 1 is 1.25 bits per heavy atom. The van der Waals surface area contributed by atoms with E-state index >= 15 is 0 Å². The number of carbonyl (C=O) groups is 1. The largest absolute Gasteiger partial charge is 0.457 e. The zero-order chi connectivity index (χ0) is 27.2. The number of ether oxygens (including phenoxy) is 2. The van der Waals surface area contributed by atoms with Crippen molar-refractivity contribution in [3.05, 3.63) is 36.0 Å². The van der Waals surface area contributed by atoms with Gasteiger partial charge in [-0.1, -0.05) is 58.1 Å². The van der Waals surface area contributed by atoms with Crippen LogP contribution in [0.15, 0.2) is 36.0 Å². The molecule has 2 aliphatic rings. The van der Waals surface area contributed by atoms with Gasteiger partial charge < -0.3 is 29.9 Å². The molecule has 7 heteroatoms. The lowest BCUT2D eigenvalue weighted by molar-refractivity contribution is -0.157. The summed E-state index contributed by atoms with van der Waals surface area (Å²) < 4.78 is 11.6. The van der Waals surface area contributed by atoms with Gasteiger partial charge in [-0.15, -0.1) is 0 Å². The van der Waals surface area contributed by atoms with Gasteiger partial charge in [-0.25, -0.2) is 0 Å². The van der Waals surface area contributed by atoms with Gasteiger partial charge in [0.25, 0.3) is 0 Å². The summed E-state index contributed by atoms with van der Waals surface area (Å²) in [7, 11) is 0. The first-order valence-corrected chi connectivity index (χ1v) is 13.4. The number of hydrogen-bond donors (Lipinski definition) is 4. The molecule has 11 atom stereocenters. The molecular weight excluding hydrogens is 460 g/mol. The summed E-state index contributed by atoms with van der Waals surface area (Å²) in [5.74, 6) is -1.08. The predicted molar refractivity (Wildman–Crippen MR) is 140 cm³/mol. The normalized spacial score (nSPS) is 39.1. The van der Waals surface area contributed by atoms with Gasteiger partial charge in [0.05, 0.1) is 35.9 Å². The molecule has 4 N–H and O–H groups in total. The van der Waals surface area contributed by atoms with E-state index in [1.165, 1.54) is 13.0 Å². The Labute approximate surface area is 216 Å². The van der Waals surface area contributed by atoms with Crippen molar-refractivity contribution in [3.8, 4) is 0 Å². The number of cyclic esters (lactones) is 1. The second kappa shape index (κ2) is 13.3. The van der Waals surface area contributed by atoms with Gasteiger partial charge in [-0.2, -0.15) is 0 Å². The minimum Gasteiger partial charge on any atom is -0.457 e. The standard InChI is InChI=1S/C29H48O7/c1-8-22(30)20(5)27-24(35-27)16-17(2)10-9-11-18(3)26-19(4)12-13-25(32)29(7,34)15-14-23(31)21(6)28(33)36-26/h9-13,17,19-27,30-32,34H,8,14-16H2,1-7H3. The SMILES string of the molecule is CCC(O)C(C)C1OC1CC(C)C=CC=C(C)C1OC(=O)C(C)C(O)CCC(C)(O)C(O)C=CC1C. The first kappa shape index (κ1) is 30.7. The molecule has 0 aliphatic carbocycles. The maximum atomic E-state index is 12.8. The highest BCUT2D eigenvalue weighted by Gasteiger charge is 2.45. The number of rotatable bonds is 8. The number of esters is 1. The Balaban J connectivity index is 2.09. The summed E-state index contributed by atoms with van der Waals surface area (Å²) in [6.45, 7) is 13.1. The summed E-state index contributed by atoms with van der Waals surface area (Å²) in [5.41, 5.74) is -0.570. The fraction of sp³-hybridized carbons (Fsp3) is 0.759. The number of epoxide rings is 1. The molecule has 0 aromatic rings. The Hall–Kier alpha value is -1.51. The van der Waals surface area contributed by atoms with Gasteiger partial charge in [0.2, 0.25) is 0 Å². The lowest BCUT2D eigenvalue weighted by atomic mass is 9.87. The summed E-state index contributed by atoms with van der Waals surface area (Å²) in [6.07, 6.45) is 8.50. The Morgan fingerprint density at radius 3 is 2.56 bits per heavy atom. The van der Waals surface area contributed by atoms with E-state index in [-0.39, 0.29) is 48.9 Å². The molecule has 0 saturated carbocycles.